The van der Waals surface area contributed by atoms with E-state index in [4.69, 9.17) is 5.11 Å². The summed E-state index contributed by atoms with van der Waals surface area (Å²) in [5, 5.41) is 13.1. The number of aromatic nitrogens is 2. The van der Waals surface area contributed by atoms with Crippen LogP contribution in [0.3, 0.4) is 0 Å². The Morgan fingerprint density at radius 2 is 2.40 bits per heavy atom. The van der Waals surface area contributed by atoms with Gasteiger partial charge in [0.1, 0.15) is 0 Å². The molecule has 20 heavy (non-hydrogen) atoms. The molecule has 1 aliphatic heterocycles. The van der Waals surface area contributed by atoms with Gasteiger partial charge < -0.3 is 5.11 Å². The van der Waals surface area contributed by atoms with Crippen molar-refractivity contribution in [3.63, 3.8) is 0 Å². The van der Waals surface area contributed by atoms with Crippen LogP contribution in [-0.2, 0) is 17.9 Å². The molecule has 5 heteroatoms. The molecule has 1 N–H and O–H groups in total. The average Bonchev–Trinajstić information content (AvgIpc) is 2.85. The van der Waals surface area contributed by atoms with Crippen molar-refractivity contribution in [2.24, 2.45) is 5.92 Å². The zero-order valence-electron chi connectivity index (χ0n) is 12.3. The van der Waals surface area contributed by atoms with E-state index in [-0.39, 0.29) is 0 Å². The Bertz CT molecular complexity index is 431. The van der Waals surface area contributed by atoms with Gasteiger partial charge >= 0.3 is 5.97 Å². The molecule has 1 aromatic rings. The molecular weight excluding hydrogens is 254 g/mol. The Hall–Kier alpha value is -1.36. The first-order valence-corrected chi connectivity index (χ1v) is 7.63. The number of carbonyl (C=O) groups is 1. The zero-order valence-corrected chi connectivity index (χ0v) is 12.3. The van der Waals surface area contributed by atoms with Crippen LogP contribution >= 0.6 is 0 Å². The van der Waals surface area contributed by atoms with Crippen molar-refractivity contribution in [1.82, 2.24) is 14.7 Å². The quantitative estimate of drug-likeness (QED) is 0.832. The number of aliphatic carboxylic acids is 1. The first kappa shape index (κ1) is 15.0. The number of carboxylic acids is 1. The Balaban J connectivity index is 1.80. The van der Waals surface area contributed by atoms with E-state index in [9.17, 15) is 4.79 Å². The summed E-state index contributed by atoms with van der Waals surface area (Å²) in [6.07, 6.45) is 8.63. The highest BCUT2D eigenvalue weighted by atomic mass is 16.4. The Kier molecular flexibility index (Phi) is 5.59. The molecule has 0 spiro atoms. The van der Waals surface area contributed by atoms with Crippen molar-refractivity contribution in [3.8, 4) is 0 Å². The first-order chi connectivity index (χ1) is 9.67. The molecule has 1 unspecified atom stereocenters. The second-order valence-electron chi connectivity index (χ2n) is 5.79. The van der Waals surface area contributed by atoms with Gasteiger partial charge in [-0.05, 0) is 38.1 Å². The molecule has 0 amide bonds. The third-order valence-electron chi connectivity index (χ3n) is 3.92. The highest BCUT2D eigenvalue weighted by Gasteiger charge is 2.20. The van der Waals surface area contributed by atoms with Gasteiger partial charge in [-0.25, -0.2) is 0 Å². The predicted molar refractivity (Wildman–Crippen MR) is 77.4 cm³/mol. The molecule has 1 aliphatic rings. The molecule has 0 aromatic carbocycles. The van der Waals surface area contributed by atoms with Crippen molar-refractivity contribution in [2.75, 3.05) is 13.1 Å². The van der Waals surface area contributed by atoms with Crippen LogP contribution in [0.5, 0.6) is 0 Å². The molecule has 112 valence electrons. The van der Waals surface area contributed by atoms with Gasteiger partial charge in [-0.3, -0.25) is 14.4 Å². The average molecular weight is 279 g/mol. The van der Waals surface area contributed by atoms with Crippen LogP contribution in [-0.4, -0.2) is 38.8 Å². The molecule has 1 aromatic heterocycles. The highest BCUT2D eigenvalue weighted by Crippen LogP contribution is 2.22. The Morgan fingerprint density at radius 3 is 3.15 bits per heavy atom. The van der Waals surface area contributed by atoms with Crippen LogP contribution in [0.15, 0.2) is 12.4 Å². The lowest BCUT2D eigenvalue weighted by Crippen LogP contribution is -2.35. The molecule has 0 bridgehead atoms. The minimum atomic E-state index is -0.678. The van der Waals surface area contributed by atoms with Gasteiger partial charge in [0.15, 0.2) is 0 Å². The van der Waals surface area contributed by atoms with Crippen LogP contribution in [0, 0.1) is 5.92 Å². The van der Waals surface area contributed by atoms with Crippen LogP contribution in [0.25, 0.3) is 0 Å². The monoisotopic (exact) mass is 279 g/mol. The Morgan fingerprint density at radius 1 is 1.55 bits per heavy atom. The summed E-state index contributed by atoms with van der Waals surface area (Å²) in [5.41, 5.74) is 1.26. The van der Waals surface area contributed by atoms with Crippen molar-refractivity contribution < 1.29 is 9.90 Å². The summed E-state index contributed by atoms with van der Waals surface area (Å²) in [4.78, 5) is 13.1. The van der Waals surface area contributed by atoms with E-state index in [1.165, 1.54) is 18.4 Å². The highest BCUT2D eigenvalue weighted by molar-refractivity contribution is 5.66. The number of likely N-dealkylation sites (tertiary alicyclic amines) is 1. The lowest BCUT2D eigenvalue weighted by atomic mass is 9.93. The van der Waals surface area contributed by atoms with Gasteiger partial charge in [0.05, 0.1) is 6.20 Å². The van der Waals surface area contributed by atoms with E-state index in [0.717, 1.165) is 39.0 Å². The molecule has 2 rings (SSSR count). The Labute approximate surface area is 120 Å². The maximum Gasteiger partial charge on any atom is 0.303 e. The van der Waals surface area contributed by atoms with Crippen LogP contribution in [0.4, 0.5) is 0 Å². The van der Waals surface area contributed by atoms with Crippen LogP contribution in [0.2, 0.25) is 0 Å². The summed E-state index contributed by atoms with van der Waals surface area (Å²) < 4.78 is 2.00. The maximum atomic E-state index is 10.7. The van der Waals surface area contributed by atoms with Crippen molar-refractivity contribution in [3.05, 3.63) is 18.0 Å². The third-order valence-corrected chi connectivity index (χ3v) is 3.92. The molecule has 1 fully saturated rings. The number of carboxylic acid groups (broad SMARTS) is 1. The largest absolute Gasteiger partial charge is 0.481 e. The van der Waals surface area contributed by atoms with Crippen molar-refractivity contribution in [1.29, 1.82) is 0 Å². The lowest BCUT2D eigenvalue weighted by Gasteiger charge is -2.32. The third kappa shape index (κ3) is 4.63. The second kappa shape index (κ2) is 7.43. The van der Waals surface area contributed by atoms with E-state index in [1.54, 1.807) is 0 Å². The SMILES string of the molecule is CCCn1cc(CN2CCCC(CCC(=O)O)C2)cn1. The van der Waals surface area contributed by atoms with E-state index >= 15 is 0 Å². The van der Waals surface area contributed by atoms with Gasteiger partial charge in [0.25, 0.3) is 0 Å². The standard InChI is InChI=1S/C15H25N3O2/c1-2-7-18-12-14(9-16-18)11-17-8-3-4-13(10-17)5-6-15(19)20/h9,12-13H,2-8,10-11H2,1H3,(H,19,20). The number of hydrogen-bond donors (Lipinski definition) is 1. The second-order valence-corrected chi connectivity index (χ2v) is 5.79. The minimum Gasteiger partial charge on any atom is -0.481 e. The topological polar surface area (TPSA) is 58.4 Å². The number of nitrogens with zero attached hydrogens (tertiary/aromatic N) is 3. The lowest BCUT2D eigenvalue weighted by molar-refractivity contribution is -0.137. The number of piperidine rings is 1. The van der Waals surface area contributed by atoms with Crippen molar-refractivity contribution >= 4 is 5.97 Å². The van der Waals surface area contributed by atoms with E-state index in [2.05, 4.69) is 23.1 Å². The maximum absolute atomic E-state index is 10.7. The molecular formula is C15H25N3O2. The summed E-state index contributed by atoms with van der Waals surface area (Å²) in [5.74, 6) is -0.145. The molecule has 0 radical (unpaired) electrons. The predicted octanol–water partition coefficient (Wildman–Crippen LogP) is 2.37. The number of aryl methyl sites for hydroxylation is 1. The number of rotatable bonds is 7. The van der Waals surface area contributed by atoms with Gasteiger partial charge in [-0.1, -0.05) is 6.92 Å². The zero-order chi connectivity index (χ0) is 14.4. The van der Waals surface area contributed by atoms with Gasteiger partial charge in [-0.15, -0.1) is 0 Å². The van der Waals surface area contributed by atoms with Gasteiger partial charge in [0.2, 0.25) is 0 Å². The molecule has 0 aliphatic carbocycles. The summed E-state index contributed by atoms with van der Waals surface area (Å²) in [7, 11) is 0. The fourth-order valence-corrected chi connectivity index (χ4v) is 2.96. The number of hydrogen-bond acceptors (Lipinski definition) is 3. The van der Waals surface area contributed by atoms with E-state index in [0.29, 0.717) is 12.3 Å². The first-order valence-electron chi connectivity index (χ1n) is 7.63. The molecule has 0 saturated carbocycles. The van der Waals surface area contributed by atoms with E-state index < -0.39 is 5.97 Å². The fourth-order valence-electron chi connectivity index (χ4n) is 2.96. The fraction of sp³-hybridized carbons (Fsp3) is 0.733. The summed E-state index contributed by atoms with van der Waals surface area (Å²) in [6, 6.07) is 0. The van der Waals surface area contributed by atoms with Gasteiger partial charge in [0, 0.05) is 37.8 Å². The van der Waals surface area contributed by atoms with Crippen molar-refractivity contribution in [2.45, 2.75) is 52.1 Å². The molecule has 1 atom stereocenters. The molecule has 2 heterocycles. The smallest absolute Gasteiger partial charge is 0.303 e. The normalized spacial score (nSPS) is 20.1. The van der Waals surface area contributed by atoms with Crippen LogP contribution in [0.1, 0.15) is 44.6 Å². The van der Waals surface area contributed by atoms with E-state index in [1.807, 2.05) is 10.9 Å². The molecule has 1 saturated heterocycles. The van der Waals surface area contributed by atoms with Crippen LogP contribution < -0.4 is 0 Å². The molecule has 5 nitrogen and oxygen atoms in total. The minimum absolute atomic E-state index is 0.299. The van der Waals surface area contributed by atoms with Gasteiger partial charge in [-0.2, -0.15) is 5.10 Å². The summed E-state index contributed by atoms with van der Waals surface area (Å²) >= 11 is 0. The summed E-state index contributed by atoms with van der Waals surface area (Å²) in [6.45, 7) is 6.20.